The van der Waals surface area contributed by atoms with Gasteiger partial charge in [0.15, 0.2) is 5.78 Å². The zero-order valence-electron chi connectivity index (χ0n) is 20.9. The first kappa shape index (κ1) is 24.4. The molecule has 0 N–H and O–H groups in total. The second-order valence-corrected chi connectivity index (χ2v) is 9.84. The lowest BCUT2D eigenvalue weighted by molar-refractivity contribution is -0.121. The van der Waals surface area contributed by atoms with Gasteiger partial charge < -0.3 is 14.7 Å². The van der Waals surface area contributed by atoms with Crippen molar-refractivity contribution in [3.63, 3.8) is 0 Å². The van der Waals surface area contributed by atoms with E-state index in [0.29, 0.717) is 18.5 Å². The molecule has 2 aliphatic rings. The Morgan fingerprint density at radius 3 is 2.24 bits per heavy atom. The summed E-state index contributed by atoms with van der Waals surface area (Å²) in [5.74, 6) is -0.580. The molecule has 182 valence electrons. The third-order valence-corrected chi connectivity index (χ3v) is 7.12. The minimum atomic E-state index is -0.553. The van der Waals surface area contributed by atoms with Gasteiger partial charge in [-0.25, -0.2) is 0 Å². The molecule has 0 radical (unpaired) electrons. The number of benzene rings is 2. The summed E-state index contributed by atoms with van der Waals surface area (Å²) in [4.78, 5) is 35.5. The molecule has 34 heavy (non-hydrogen) atoms. The first-order valence-electron chi connectivity index (χ1n) is 12.6. The van der Waals surface area contributed by atoms with Crippen LogP contribution in [0.5, 0.6) is 0 Å². The molecule has 0 bridgehead atoms. The number of ketones is 1. The number of carbonyl (C=O) groups excluding carboxylic acids is 2. The largest absolute Gasteiger partial charge is 0.369 e. The summed E-state index contributed by atoms with van der Waals surface area (Å²) < 4.78 is 0. The van der Waals surface area contributed by atoms with Crippen LogP contribution in [0.25, 0.3) is 0 Å². The molecule has 1 fully saturated rings. The summed E-state index contributed by atoms with van der Waals surface area (Å²) in [6.07, 6.45) is 2.37. The SMILES string of the molecule is Cc1ccccc1N1CCN(CCCC2C(=O)c3ccccc3N(CCCN(C)C)C2=O)CC1. The standard InChI is InChI=1S/C28H38N4O2/c1-22-10-4-6-13-25(22)31-20-18-30(19-21-31)16-8-12-24-27(33)23-11-5-7-14-26(23)32(28(24)34)17-9-15-29(2)3/h4-7,10-11,13-14,24H,8-9,12,15-21H2,1-3H3. The first-order chi connectivity index (χ1) is 16.5. The second-order valence-electron chi connectivity index (χ2n) is 9.84. The van der Waals surface area contributed by atoms with Crippen LogP contribution >= 0.6 is 0 Å². The fourth-order valence-electron chi connectivity index (χ4n) is 5.20. The lowest BCUT2D eigenvalue weighted by Crippen LogP contribution is -2.47. The number of hydrogen-bond acceptors (Lipinski definition) is 5. The van der Waals surface area contributed by atoms with Gasteiger partial charge in [0.1, 0.15) is 5.92 Å². The summed E-state index contributed by atoms with van der Waals surface area (Å²) in [6, 6.07) is 16.2. The molecule has 2 aliphatic heterocycles. The summed E-state index contributed by atoms with van der Waals surface area (Å²) in [6.45, 7) is 8.72. The van der Waals surface area contributed by atoms with E-state index in [4.69, 9.17) is 0 Å². The molecule has 6 nitrogen and oxygen atoms in total. The van der Waals surface area contributed by atoms with Gasteiger partial charge in [0.2, 0.25) is 5.91 Å². The van der Waals surface area contributed by atoms with Crippen LogP contribution in [0.2, 0.25) is 0 Å². The number of nitrogens with zero attached hydrogens (tertiary/aromatic N) is 4. The highest BCUT2D eigenvalue weighted by Gasteiger charge is 2.38. The van der Waals surface area contributed by atoms with Gasteiger partial charge in [-0.1, -0.05) is 30.3 Å². The first-order valence-corrected chi connectivity index (χ1v) is 12.6. The van der Waals surface area contributed by atoms with Crippen LogP contribution in [0.3, 0.4) is 0 Å². The van der Waals surface area contributed by atoms with Crippen molar-refractivity contribution in [1.82, 2.24) is 9.80 Å². The number of para-hydroxylation sites is 2. The van der Waals surface area contributed by atoms with Gasteiger partial charge in [-0.2, -0.15) is 0 Å². The predicted octanol–water partition coefficient (Wildman–Crippen LogP) is 3.69. The van der Waals surface area contributed by atoms with Gasteiger partial charge in [0.25, 0.3) is 0 Å². The Morgan fingerprint density at radius 1 is 0.853 bits per heavy atom. The molecule has 0 aromatic heterocycles. The molecule has 1 saturated heterocycles. The zero-order chi connectivity index (χ0) is 24.1. The number of rotatable bonds is 9. The van der Waals surface area contributed by atoms with Crippen LogP contribution in [0.15, 0.2) is 48.5 Å². The van der Waals surface area contributed by atoms with Crippen LogP contribution in [0.4, 0.5) is 11.4 Å². The second kappa shape index (κ2) is 11.2. The van der Waals surface area contributed by atoms with Crippen molar-refractivity contribution >= 4 is 23.1 Å². The molecule has 1 unspecified atom stereocenters. The van der Waals surface area contributed by atoms with E-state index >= 15 is 0 Å². The Hall–Kier alpha value is -2.70. The average Bonchev–Trinajstić information content (AvgIpc) is 2.84. The van der Waals surface area contributed by atoms with Gasteiger partial charge in [0, 0.05) is 44.0 Å². The van der Waals surface area contributed by atoms with Gasteiger partial charge in [-0.15, -0.1) is 0 Å². The van der Waals surface area contributed by atoms with Crippen LogP contribution in [0.1, 0.15) is 35.2 Å². The molecule has 2 aromatic rings. The molecule has 0 saturated carbocycles. The molecule has 2 aromatic carbocycles. The Kier molecular flexibility index (Phi) is 8.01. The topological polar surface area (TPSA) is 47.1 Å². The van der Waals surface area contributed by atoms with E-state index in [1.807, 2.05) is 43.3 Å². The van der Waals surface area contributed by atoms with Crippen LogP contribution < -0.4 is 9.80 Å². The smallest absolute Gasteiger partial charge is 0.237 e. The predicted molar refractivity (Wildman–Crippen MR) is 139 cm³/mol. The minimum absolute atomic E-state index is 0.00571. The molecule has 4 rings (SSSR count). The quantitative estimate of drug-likeness (QED) is 0.532. The van der Waals surface area contributed by atoms with Gasteiger partial charge in [-0.3, -0.25) is 14.5 Å². The highest BCUT2D eigenvalue weighted by atomic mass is 16.2. The van der Waals surface area contributed by atoms with Crippen molar-refractivity contribution in [2.45, 2.75) is 26.2 Å². The van der Waals surface area contributed by atoms with Crippen molar-refractivity contribution < 1.29 is 9.59 Å². The number of anilines is 2. The van der Waals surface area contributed by atoms with Crippen LogP contribution in [-0.4, -0.2) is 81.4 Å². The van der Waals surface area contributed by atoms with E-state index in [0.717, 1.165) is 57.8 Å². The molecule has 1 atom stereocenters. The maximum atomic E-state index is 13.4. The minimum Gasteiger partial charge on any atom is -0.369 e. The molecule has 6 heteroatoms. The van der Waals surface area contributed by atoms with E-state index in [-0.39, 0.29) is 11.7 Å². The number of aryl methyl sites for hydroxylation is 1. The van der Waals surface area contributed by atoms with Crippen molar-refractivity contribution in [2.75, 3.05) is 69.7 Å². The Labute approximate surface area is 204 Å². The Morgan fingerprint density at radius 2 is 1.53 bits per heavy atom. The number of piperazine rings is 1. The van der Waals surface area contributed by atoms with Crippen molar-refractivity contribution in [1.29, 1.82) is 0 Å². The third-order valence-electron chi connectivity index (χ3n) is 7.12. The van der Waals surface area contributed by atoms with Gasteiger partial charge in [-0.05, 0) is 77.1 Å². The maximum absolute atomic E-state index is 13.4. The summed E-state index contributed by atoms with van der Waals surface area (Å²) in [5, 5.41) is 0. The average molecular weight is 463 g/mol. The fourth-order valence-corrected chi connectivity index (χ4v) is 5.20. The zero-order valence-corrected chi connectivity index (χ0v) is 20.9. The summed E-state index contributed by atoms with van der Waals surface area (Å²) in [5.41, 5.74) is 4.12. The highest BCUT2D eigenvalue weighted by Crippen LogP contribution is 2.32. The molecular formula is C28H38N4O2. The van der Waals surface area contributed by atoms with E-state index in [2.05, 4.69) is 45.9 Å². The van der Waals surface area contributed by atoms with E-state index in [1.54, 1.807) is 0 Å². The van der Waals surface area contributed by atoms with Crippen molar-refractivity contribution in [2.24, 2.45) is 5.92 Å². The number of Topliss-reactive ketones (excluding diaryl/α,β-unsaturated/α-hetero) is 1. The Balaban J connectivity index is 1.32. The third kappa shape index (κ3) is 5.50. The molecular weight excluding hydrogens is 424 g/mol. The number of fused-ring (bicyclic) bond motifs is 1. The molecule has 2 heterocycles. The highest BCUT2D eigenvalue weighted by molar-refractivity contribution is 6.21. The van der Waals surface area contributed by atoms with Gasteiger partial charge >= 0.3 is 0 Å². The van der Waals surface area contributed by atoms with Gasteiger partial charge in [0.05, 0.1) is 5.69 Å². The van der Waals surface area contributed by atoms with Crippen molar-refractivity contribution in [3.05, 3.63) is 59.7 Å². The van der Waals surface area contributed by atoms with E-state index in [1.165, 1.54) is 11.3 Å². The summed E-state index contributed by atoms with van der Waals surface area (Å²) in [7, 11) is 4.08. The molecule has 1 amide bonds. The monoisotopic (exact) mass is 462 g/mol. The lowest BCUT2D eigenvalue weighted by Gasteiger charge is -2.37. The fraction of sp³-hybridized carbons (Fsp3) is 0.500. The van der Waals surface area contributed by atoms with Crippen molar-refractivity contribution in [3.8, 4) is 0 Å². The molecule has 0 spiro atoms. The number of carbonyl (C=O) groups is 2. The van der Waals surface area contributed by atoms with Crippen LogP contribution in [0, 0.1) is 12.8 Å². The normalized spacial score (nSPS) is 19.1. The van der Waals surface area contributed by atoms with E-state index < -0.39 is 5.92 Å². The number of amides is 1. The number of hydrogen-bond donors (Lipinski definition) is 0. The summed E-state index contributed by atoms with van der Waals surface area (Å²) >= 11 is 0. The maximum Gasteiger partial charge on any atom is 0.237 e. The van der Waals surface area contributed by atoms with E-state index in [9.17, 15) is 9.59 Å². The lowest BCUT2D eigenvalue weighted by atomic mass is 9.87. The van der Waals surface area contributed by atoms with Crippen LogP contribution in [-0.2, 0) is 4.79 Å². The molecule has 0 aliphatic carbocycles. The Bertz CT molecular complexity index is 997.